The molecule has 0 aliphatic carbocycles. The molecule has 0 saturated heterocycles. The van der Waals surface area contributed by atoms with Gasteiger partial charge in [-0.05, 0) is 13.0 Å². The Morgan fingerprint density at radius 1 is 1.24 bits per heavy atom. The van der Waals surface area contributed by atoms with Crippen LogP contribution >= 0.6 is 11.6 Å². The summed E-state index contributed by atoms with van der Waals surface area (Å²) in [5, 5.41) is 10.8. The van der Waals surface area contributed by atoms with Gasteiger partial charge in [0.15, 0.2) is 0 Å². The van der Waals surface area contributed by atoms with E-state index in [-0.39, 0.29) is 5.91 Å². The molecular weight excluding hydrogens is 458 g/mol. The van der Waals surface area contributed by atoms with Crippen LogP contribution in [0.25, 0.3) is 0 Å². The molecule has 1 aliphatic rings. The van der Waals surface area contributed by atoms with Crippen LogP contribution in [0.1, 0.15) is 18.5 Å². The Hall–Kier alpha value is -3.98. The van der Waals surface area contributed by atoms with Gasteiger partial charge in [-0.15, -0.1) is 0 Å². The Labute approximate surface area is 202 Å². The molecule has 1 atom stereocenters. The molecule has 1 amide bonds. The van der Waals surface area contributed by atoms with Gasteiger partial charge >= 0.3 is 0 Å². The zero-order chi connectivity index (χ0) is 24.2. The molecule has 2 N–H and O–H groups in total. The number of rotatable bonds is 8. The monoisotopic (exact) mass is 481 g/mol. The highest BCUT2D eigenvalue weighted by Gasteiger charge is 2.35. The lowest BCUT2D eigenvalue weighted by atomic mass is 9.94. The first-order chi connectivity index (χ1) is 16.5. The number of fused-ring (bicyclic) bond motifs is 1. The number of carbonyl (C=O) groups is 1. The van der Waals surface area contributed by atoms with Crippen LogP contribution in [0.3, 0.4) is 0 Å². The number of carbonyl (C=O) groups excluding carboxylic acids is 1. The molecule has 0 radical (unpaired) electrons. The van der Waals surface area contributed by atoms with E-state index in [1.54, 1.807) is 22.9 Å². The number of hydrogen-bond donors (Lipinski definition) is 2. The fourth-order valence-corrected chi connectivity index (χ4v) is 4.04. The molecule has 0 saturated carbocycles. The van der Waals surface area contributed by atoms with E-state index in [9.17, 15) is 4.79 Å². The molecule has 2 heterocycles. The molecule has 176 valence electrons. The van der Waals surface area contributed by atoms with E-state index in [0.717, 1.165) is 5.56 Å². The molecule has 34 heavy (non-hydrogen) atoms. The summed E-state index contributed by atoms with van der Waals surface area (Å²) in [6, 6.07) is 10.1. The number of anilines is 2. The average molecular weight is 482 g/mol. The zero-order valence-electron chi connectivity index (χ0n) is 19.0. The van der Waals surface area contributed by atoms with Crippen LogP contribution in [0.2, 0.25) is 5.02 Å². The number of halogens is 1. The number of methoxy groups -OCH3 is 2. The number of allylic oxidation sites excluding steroid dienone is 1. The number of amides is 1. The molecule has 0 unspecified atom stereocenters. The van der Waals surface area contributed by atoms with E-state index in [0.29, 0.717) is 51.8 Å². The van der Waals surface area contributed by atoms with Crippen molar-refractivity contribution in [3.05, 3.63) is 77.2 Å². The Morgan fingerprint density at radius 3 is 2.74 bits per heavy atom. The number of nitrogens with zero attached hydrogens (tertiary/aromatic N) is 3. The van der Waals surface area contributed by atoms with Crippen molar-refractivity contribution in [3.63, 3.8) is 0 Å². The molecule has 1 aromatic heterocycles. The lowest BCUT2D eigenvalue weighted by molar-refractivity contribution is -0.113. The first-order valence-corrected chi connectivity index (χ1v) is 10.8. The molecule has 2 aromatic carbocycles. The van der Waals surface area contributed by atoms with Gasteiger partial charge in [-0.1, -0.05) is 42.5 Å². The normalized spacial score (nSPS) is 14.6. The SMILES string of the molecule is C=CCOc1ccccc1[C@H]1C(C(=O)Nc2cc(OC)c(Cl)cc2OC)=C(C)Nc2ncnn21. The standard InChI is InChI=1S/C24H24ClN5O4/c1-5-10-34-18-9-7-6-8-15(18)22-21(14(2)28-24-26-13-27-30(22)24)23(31)29-17-12-19(32-3)16(25)11-20(17)33-4/h5-9,11-13,22H,1,10H2,2-4H3,(H,29,31)(H,26,27,28)/t22-/m0/s1. The van der Waals surface area contributed by atoms with Gasteiger partial charge < -0.3 is 24.8 Å². The molecule has 0 fully saturated rings. The lowest BCUT2D eigenvalue weighted by Crippen LogP contribution is -2.32. The summed E-state index contributed by atoms with van der Waals surface area (Å²) in [6.45, 7) is 5.85. The first-order valence-electron chi connectivity index (χ1n) is 10.4. The molecule has 3 aromatic rings. The number of benzene rings is 2. The minimum atomic E-state index is -0.597. The summed E-state index contributed by atoms with van der Waals surface area (Å²) in [4.78, 5) is 18.0. The highest BCUT2D eigenvalue weighted by molar-refractivity contribution is 6.32. The summed E-state index contributed by atoms with van der Waals surface area (Å²) in [6.07, 6.45) is 3.10. The van der Waals surface area contributed by atoms with Crippen LogP contribution in [0, 0.1) is 0 Å². The molecular formula is C24H24ClN5O4. The molecule has 10 heteroatoms. The fourth-order valence-electron chi connectivity index (χ4n) is 3.81. The minimum Gasteiger partial charge on any atom is -0.495 e. The van der Waals surface area contributed by atoms with Gasteiger partial charge in [0.1, 0.15) is 36.2 Å². The van der Waals surface area contributed by atoms with Gasteiger partial charge in [0.05, 0.1) is 30.5 Å². The second-order valence-corrected chi connectivity index (χ2v) is 7.78. The quantitative estimate of drug-likeness (QED) is 0.459. The predicted molar refractivity (Wildman–Crippen MR) is 130 cm³/mol. The van der Waals surface area contributed by atoms with Gasteiger partial charge in [-0.25, -0.2) is 4.68 Å². The van der Waals surface area contributed by atoms with E-state index in [1.165, 1.54) is 20.5 Å². The average Bonchev–Trinajstić information content (AvgIpc) is 3.30. The predicted octanol–water partition coefficient (Wildman–Crippen LogP) is 4.44. The second kappa shape index (κ2) is 9.88. The van der Waals surface area contributed by atoms with Crippen LogP contribution in [-0.4, -0.2) is 41.5 Å². The van der Waals surface area contributed by atoms with Crippen LogP contribution in [0.4, 0.5) is 11.6 Å². The van der Waals surface area contributed by atoms with Gasteiger partial charge in [-0.2, -0.15) is 10.1 Å². The smallest absolute Gasteiger partial charge is 0.255 e. The summed E-state index contributed by atoms with van der Waals surface area (Å²) >= 11 is 6.22. The van der Waals surface area contributed by atoms with Crippen LogP contribution in [0.5, 0.6) is 17.2 Å². The molecule has 0 bridgehead atoms. The first kappa shape index (κ1) is 23.2. The largest absolute Gasteiger partial charge is 0.495 e. The number of ether oxygens (including phenoxy) is 3. The summed E-state index contributed by atoms with van der Waals surface area (Å²) in [7, 11) is 3.00. The van der Waals surface area contributed by atoms with E-state index < -0.39 is 6.04 Å². The van der Waals surface area contributed by atoms with Gasteiger partial charge in [0.2, 0.25) is 5.95 Å². The van der Waals surface area contributed by atoms with E-state index in [4.69, 9.17) is 25.8 Å². The number of nitrogens with one attached hydrogen (secondary N) is 2. The highest BCUT2D eigenvalue weighted by Crippen LogP contribution is 2.41. The topological polar surface area (TPSA) is 99.5 Å². The Bertz CT molecular complexity index is 1270. The molecule has 9 nitrogen and oxygen atoms in total. The van der Waals surface area contributed by atoms with Crippen molar-refractivity contribution in [1.29, 1.82) is 0 Å². The lowest BCUT2D eigenvalue weighted by Gasteiger charge is -2.29. The molecule has 1 aliphatic heterocycles. The van der Waals surface area contributed by atoms with Crippen molar-refractivity contribution in [3.8, 4) is 17.2 Å². The maximum Gasteiger partial charge on any atom is 0.255 e. The van der Waals surface area contributed by atoms with E-state index >= 15 is 0 Å². The van der Waals surface area contributed by atoms with Crippen LogP contribution in [0.15, 0.2) is 66.7 Å². The fraction of sp³-hybridized carbons (Fsp3) is 0.208. The van der Waals surface area contributed by atoms with Gasteiger partial charge in [-0.3, -0.25) is 4.79 Å². The van der Waals surface area contributed by atoms with Gasteiger partial charge in [0.25, 0.3) is 5.91 Å². The molecule has 0 spiro atoms. The third-order valence-electron chi connectivity index (χ3n) is 5.33. The minimum absolute atomic E-state index is 0.318. The summed E-state index contributed by atoms with van der Waals surface area (Å²) in [5.74, 6) is 1.57. The third kappa shape index (κ3) is 4.29. The number of hydrogen-bond acceptors (Lipinski definition) is 7. The van der Waals surface area contributed by atoms with E-state index in [1.807, 2.05) is 31.2 Å². The van der Waals surface area contributed by atoms with Crippen molar-refractivity contribution < 1.29 is 19.0 Å². The maximum atomic E-state index is 13.7. The van der Waals surface area contributed by atoms with Crippen LogP contribution in [-0.2, 0) is 4.79 Å². The molecule has 4 rings (SSSR count). The third-order valence-corrected chi connectivity index (χ3v) is 5.63. The Morgan fingerprint density at radius 2 is 2.00 bits per heavy atom. The Kier molecular flexibility index (Phi) is 6.74. The van der Waals surface area contributed by atoms with E-state index in [2.05, 4.69) is 27.3 Å². The summed E-state index contributed by atoms with van der Waals surface area (Å²) < 4.78 is 18.3. The van der Waals surface area contributed by atoms with Crippen molar-refractivity contribution in [2.24, 2.45) is 0 Å². The van der Waals surface area contributed by atoms with Crippen molar-refractivity contribution in [1.82, 2.24) is 14.8 Å². The van der Waals surface area contributed by atoms with Crippen LogP contribution < -0.4 is 24.8 Å². The zero-order valence-corrected chi connectivity index (χ0v) is 19.7. The van der Waals surface area contributed by atoms with Crippen molar-refractivity contribution in [2.75, 3.05) is 31.5 Å². The van der Waals surface area contributed by atoms with Crippen molar-refractivity contribution in [2.45, 2.75) is 13.0 Å². The van der Waals surface area contributed by atoms with Gasteiger partial charge in [0, 0.05) is 23.4 Å². The second-order valence-electron chi connectivity index (χ2n) is 7.37. The summed E-state index contributed by atoms with van der Waals surface area (Å²) in [5.41, 5.74) is 2.22. The Balaban J connectivity index is 1.79. The number of para-hydroxylation sites is 1. The number of aromatic nitrogens is 3. The maximum absolute atomic E-state index is 13.7. The van der Waals surface area contributed by atoms with Crippen molar-refractivity contribution >= 4 is 29.1 Å². The highest BCUT2D eigenvalue weighted by atomic mass is 35.5.